The third-order valence-electron chi connectivity index (χ3n) is 3.78. The Morgan fingerprint density at radius 1 is 1.24 bits per heavy atom. The zero-order chi connectivity index (χ0) is 18.6. The van der Waals surface area contributed by atoms with Gasteiger partial charge in [-0.3, -0.25) is 19.0 Å². The summed E-state index contributed by atoms with van der Waals surface area (Å²) in [4.78, 5) is 35.7. The van der Waals surface area contributed by atoms with Gasteiger partial charge >= 0.3 is 10.8 Å². The van der Waals surface area contributed by atoms with E-state index in [0.29, 0.717) is 11.4 Å². The van der Waals surface area contributed by atoms with Crippen molar-refractivity contribution in [1.82, 2.24) is 4.57 Å². The van der Waals surface area contributed by atoms with Crippen molar-refractivity contribution in [2.45, 2.75) is 46.3 Å². The Bertz CT molecular complexity index is 822. The minimum absolute atomic E-state index is 0.200. The number of carbonyl (C=O) groups is 2. The topological polar surface area (TPSA) is 77.4 Å². The number of rotatable bonds is 6. The lowest BCUT2D eigenvalue weighted by molar-refractivity contribution is -0.153. The molecule has 0 saturated carbocycles. The number of amides is 1. The maximum Gasteiger partial charge on any atom is 0.326 e. The van der Waals surface area contributed by atoms with Crippen LogP contribution in [0.3, 0.4) is 0 Å². The maximum atomic E-state index is 12.3. The summed E-state index contributed by atoms with van der Waals surface area (Å²) >= 11 is 1.02. The fraction of sp³-hybridized carbons (Fsp3) is 0.389. The Balaban J connectivity index is 1.99. The van der Waals surface area contributed by atoms with Gasteiger partial charge in [-0.25, -0.2) is 0 Å². The molecule has 0 saturated heterocycles. The van der Waals surface area contributed by atoms with Crippen molar-refractivity contribution in [3.63, 3.8) is 0 Å². The third-order valence-corrected chi connectivity index (χ3v) is 4.66. The Labute approximate surface area is 150 Å². The fourth-order valence-electron chi connectivity index (χ4n) is 2.36. The number of aryl methyl sites for hydroxylation is 1. The lowest BCUT2D eigenvalue weighted by atomic mass is 10.0. The smallest absolute Gasteiger partial charge is 0.326 e. The van der Waals surface area contributed by atoms with Crippen LogP contribution in [0.15, 0.2) is 34.4 Å². The highest BCUT2D eigenvalue weighted by atomic mass is 32.1. The van der Waals surface area contributed by atoms with Gasteiger partial charge in [0.05, 0.1) is 0 Å². The second kappa shape index (κ2) is 8.11. The minimum atomic E-state index is -0.956. The van der Waals surface area contributed by atoms with Crippen LogP contribution in [-0.2, 0) is 20.9 Å². The molecule has 0 aliphatic heterocycles. The molecule has 0 aliphatic carbocycles. The maximum absolute atomic E-state index is 12.3. The van der Waals surface area contributed by atoms with Crippen molar-refractivity contribution in [3.8, 4) is 0 Å². The van der Waals surface area contributed by atoms with Gasteiger partial charge in [0.15, 0.2) is 6.10 Å². The van der Waals surface area contributed by atoms with E-state index in [1.807, 2.05) is 38.1 Å². The van der Waals surface area contributed by atoms with Crippen molar-refractivity contribution in [2.24, 2.45) is 0 Å². The largest absolute Gasteiger partial charge is 0.451 e. The summed E-state index contributed by atoms with van der Waals surface area (Å²) in [6, 6.07) is 7.51. The highest BCUT2D eigenvalue weighted by Gasteiger charge is 2.20. The molecule has 0 aliphatic rings. The molecular formula is C18H22N2O4S. The predicted molar refractivity (Wildman–Crippen MR) is 98.0 cm³/mol. The zero-order valence-electron chi connectivity index (χ0n) is 14.7. The van der Waals surface area contributed by atoms with E-state index in [1.165, 1.54) is 11.5 Å². The van der Waals surface area contributed by atoms with Crippen molar-refractivity contribution in [3.05, 3.63) is 50.6 Å². The lowest BCUT2D eigenvalue weighted by Crippen LogP contribution is -2.32. The van der Waals surface area contributed by atoms with Gasteiger partial charge in [0.25, 0.3) is 5.91 Å². The molecule has 0 fully saturated rings. The van der Waals surface area contributed by atoms with Crippen LogP contribution in [0.25, 0.3) is 0 Å². The van der Waals surface area contributed by atoms with Gasteiger partial charge in [0.2, 0.25) is 0 Å². The first-order valence-electron chi connectivity index (χ1n) is 8.03. The average molecular weight is 362 g/mol. The van der Waals surface area contributed by atoms with Crippen molar-refractivity contribution >= 4 is 28.9 Å². The first kappa shape index (κ1) is 18.9. The molecule has 1 N–H and O–H groups in total. The average Bonchev–Trinajstić information content (AvgIpc) is 2.87. The molecule has 0 radical (unpaired) electrons. The molecule has 0 bridgehead atoms. The van der Waals surface area contributed by atoms with Crippen LogP contribution in [0.5, 0.6) is 0 Å². The number of benzene rings is 1. The van der Waals surface area contributed by atoms with Crippen LogP contribution in [0.1, 0.15) is 37.9 Å². The molecule has 2 aromatic rings. The zero-order valence-corrected chi connectivity index (χ0v) is 15.6. The standard InChI is InChI=1S/C18H22N2O4S/c1-11(2)14-7-5-6-8-15(14)19-17(22)13(4)24-16(21)9-20-12(3)10-25-18(20)23/h5-8,10-11,13H,9H2,1-4H3,(H,19,22)/t13-/m0/s1. The van der Waals surface area contributed by atoms with Gasteiger partial charge in [-0.2, -0.15) is 0 Å². The van der Waals surface area contributed by atoms with E-state index < -0.39 is 18.0 Å². The van der Waals surface area contributed by atoms with Gasteiger partial charge < -0.3 is 10.1 Å². The number of hydrogen-bond donors (Lipinski definition) is 1. The molecule has 25 heavy (non-hydrogen) atoms. The molecule has 1 aromatic carbocycles. The number of nitrogens with one attached hydrogen (secondary N) is 1. The summed E-state index contributed by atoms with van der Waals surface area (Å²) in [6.45, 7) is 7.12. The minimum Gasteiger partial charge on any atom is -0.451 e. The summed E-state index contributed by atoms with van der Waals surface area (Å²) in [5.74, 6) is -0.776. The van der Waals surface area contributed by atoms with E-state index in [-0.39, 0.29) is 17.3 Å². The van der Waals surface area contributed by atoms with Crippen LogP contribution in [0, 0.1) is 6.92 Å². The number of aromatic nitrogens is 1. The quantitative estimate of drug-likeness (QED) is 0.802. The molecular weight excluding hydrogens is 340 g/mol. The Hall–Kier alpha value is -2.41. The number of anilines is 1. The number of carbonyl (C=O) groups excluding carboxylic acids is 2. The monoisotopic (exact) mass is 362 g/mol. The normalized spacial score (nSPS) is 12.0. The van der Waals surface area contributed by atoms with Crippen LogP contribution in [-0.4, -0.2) is 22.5 Å². The molecule has 1 atom stereocenters. The first-order chi connectivity index (χ1) is 11.8. The van der Waals surface area contributed by atoms with Crippen molar-refractivity contribution < 1.29 is 14.3 Å². The van der Waals surface area contributed by atoms with E-state index in [0.717, 1.165) is 16.9 Å². The van der Waals surface area contributed by atoms with E-state index in [2.05, 4.69) is 5.32 Å². The molecule has 0 unspecified atom stereocenters. The van der Waals surface area contributed by atoms with Crippen LogP contribution in [0.2, 0.25) is 0 Å². The molecule has 2 rings (SSSR count). The van der Waals surface area contributed by atoms with E-state index in [9.17, 15) is 14.4 Å². The summed E-state index contributed by atoms with van der Waals surface area (Å²) in [5.41, 5.74) is 2.40. The number of esters is 1. The van der Waals surface area contributed by atoms with Crippen LogP contribution < -0.4 is 10.2 Å². The van der Waals surface area contributed by atoms with E-state index in [1.54, 1.807) is 12.3 Å². The van der Waals surface area contributed by atoms with Gasteiger partial charge in [0, 0.05) is 16.8 Å². The van der Waals surface area contributed by atoms with Gasteiger partial charge in [-0.15, -0.1) is 0 Å². The number of para-hydroxylation sites is 1. The molecule has 6 nitrogen and oxygen atoms in total. The Kier molecular flexibility index (Phi) is 6.14. The number of hydrogen-bond acceptors (Lipinski definition) is 5. The highest BCUT2D eigenvalue weighted by Crippen LogP contribution is 2.23. The molecule has 7 heteroatoms. The second-order valence-corrected chi connectivity index (χ2v) is 6.91. The summed E-state index contributed by atoms with van der Waals surface area (Å²) in [6.07, 6.45) is -0.956. The molecule has 0 spiro atoms. The molecule has 1 amide bonds. The number of ether oxygens (including phenoxy) is 1. The fourth-order valence-corrected chi connectivity index (χ4v) is 3.10. The summed E-state index contributed by atoms with van der Waals surface area (Å²) in [7, 11) is 0. The van der Waals surface area contributed by atoms with Gasteiger partial charge in [0.1, 0.15) is 6.54 Å². The van der Waals surface area contributed by atoms with Crippen LogP contribution >= 0.6 is 11.3 Å². The highest BCUT2D eigenvalue weighted by molar-refractivity contribution is 7.07. The van der Waals surface area contributed by atoms with Gasteiger partial charge in [-0.05, 0) is 31.4 Å². The summed E-state index contributed by atoms with van der Waals surface area (Å²) in [5, 5.41) is 4.47. The molecule has 1 heterocycles. The molecule has 1 aromatic heterocycles. The number of thiazole rings is 1. The van der Waals surface area contributed by atoms with Gasteiger partial charge in [-0.1, -0.05) is 43.4 Å². The lowest BCUT2D eigenvalue weighted by Gasteiger charge is -2.17. The summed E-state index contributed by atoms with van der Waals surface area (Å²) < 4.78 is 6.49. The van der Waals surface area contributed by atoms with Crippen LogP contribution in [0.4, 0.5) is 5.69 Å². The SMILES string of the molecule is Cc1csc(=O)n1CC(=O)O[C@@H](C)C(=O)Nc1ccccc1C(C)C. The molecule has 134 valence electrons. The Morgan fingerprint density at radius 3 is 2.52 bits per heavy atom. The van der Waals surface area contributed by atoms with E-state index in [4.69, 9.17) is 4.74 Å². The Morgan fingerprint density at radius 2 is 1.92 bits per heavy atom. The van der Waals surface area contributed by atoms with Crippen molar-refractivity contribution in [2.75, 3.05) is 5.32 Å². The van der Waals surface area contributed by atoms with Crippen molar-refractivity contribution in [1.29, 1.82) is 0 Å². The third kappa shape index (κ3) is 4.79. The first-order valence-corrected chi connectivity index (χ1v) is 8.91. The van der Waals surface area contributed by atoms with E-state index >= 15 is 0 Å². The predicted octanol–water partition coefficient (Wildman–Crippen LogP) is 2.91. The second-order valence-electron chi connectivity index (χ2n) is 6.09. The number of nitrogens with zero attached hydrogens (tertiary/aromatic N) is 1.